The van der Waals surface area contributed by atoms with E-state index in [0.717, 1.165) is 5.56 Å². The highest BCUT2D eigenvalue weighted by Crippen LogP contribution is 2.22. The summed E-state index contributed by atoms with van der Waals surface area (Å²) in [6.07, 6.45) is 0. The van der Waals surface area contributed by atoms with Gasteiger partial charge in [-0.15, -0.1) is 0 Å². The molecule has 0 aliphatic heterocycles. The van der Waals surface area contributed by atoms with Crippen LogP contribution in [-0.4, -0.2) is 38.6 Å². The third-order valence-corrected chi connectivity index (χ3v) is 2.13. The first-order valence-corrected chi connectivity index (χ1v) is 5.53. The van der Waals surface area contributed by atoms with Gasteiger partial charge in [-0.3, -0.25) is 0 Å². The number of para-hydroxylation sites is 1. The molecule has 5 heteroatoms. The Morgan fingerprint density at radius 1 is 1.29 bits per heavy atom. The van der Waals surface area contributed by atoms with Crippen LogP contribution >= 0.6 is 0 Å². The van der Waals surface area contributed by atoms with E-state index in [9.17, 15) is 4.39 Å². The number of hydrogen-bond acceptors (Lipinski definition) is 4. The molecule has 0 amide bonds. The van der Waals surface area contributed by atoms with Gasteiger partial charge < -0.3 is 19.9 Å². The minimum absolute atomic E-state index is 0.0231. The van der Waals surface area contributed by atoms with E-state index in [1.165, 1.54) is 6.07 Å². The van der Waals surface area contributed by atoms with Crippen LogP contribution in [0.3, 0.4) is 0 Å². The minimum atomic E-state index is -0.375. The van der Waals surface area contributed by atoms with Crippen LogP contribution in [0.25, 0.3) is 0 Å². The summed E-state index contributed by atoms with van der Waals surface area (Å²) in [7, 11) is 1.79. The molecule has 4 nitrogen and oxygen atoms in total. The molecule has 0 saturated carbocycles. The van der Waals surface area contributed by atoms with Crippen molar-refractivity contribution < 1.29 is 19.0 Å². The van der Waals surface area contributed by atoms with Crippen molar-refractivity contribution in [1.82, 2.24) is 5.32 Å². The lowest BCUT2D eigenvalue weighted by Crippen LogP contribution is -2.13. The minimum Gasteiger partial charge on any atom is -0.488 e. The van der Waals surface area contributed by atoms with Crippen molar-refractivity contribution in [3.63, 3.8) is 0 Å². The number of halogens is 1. The first-order valence-electron chi connectivity index (χ1n) is 5.53. The fourth-order valence-electron chi connectivity index (χ4n) is 1.41. The highest BCUT2D eigenvalue weighted by atomic mass is 19.1. The molecule has 0 unspecified atom stereocenters. The fourth-order valence-corrected chi connectivity index (χ4v) is 1.41. The number of rotatable bonds is 8. The standard InChI is InChI=1S/C12H18FNO3/c1-14-9-10-3-2-4-11(13)12(10)17-8-7-16-6-5-15/h2-4,14-15H,5-9H2,1H3. The number of nitrogens with one attached hydrogen (secondary N) is 1. The summed E-state index contributed by atoms with van der Waals surface area (Å²) in [5, 5.41) is 11.5. The van der Waals surface area contributed by atoms with Gasteiger partial charge in [-0.1, -0.05) is 12.1 Å². The summed E-state index contributed by atoms with van der Waals surface area (Å²) >= 11 is 0. The Morgan fingerprint density at radius 3 is 2.82 bits per heavy atom. The van der Waals surface area contributed by atoms with Crippen molar-refractivity contribution >= 4 is 0 Å². The number of ether oxygens (including phenoxy) is 2. The Balaban J connectivity index is 2.50. The Labute approximate surface area is 100 Å². The van der Waals surface area contributed by atoms with Gasteiger partial charge in [0.25, 0.3) is 0 Å². The predicted octanol–water partition coefficient (Wildman–Crippen LogP) is 0.933. The Hall–Kier alpha value is -1.17. The molecule has 1 aromatic carbocycles. The predicted molar refractivity (Wildman–Crippen MR) is 62.6 cm³/mol. The normalized spacial score (nSPS) is 10.5. The van der Waals surface area contributed by atoms with Crippen LogP contribution in [-0.2, 0) is 11.3 Å². The Kier molecular flexibility index (Phi) is 6.54. The van der Waals surface area contributed by atoms with Crippen LogP contribution in [0.4, 0.5) is 4.39 Å². The molecule has 96 valence electrons. The summed E-state index contributed by atoms with van der Waals surface area (Å²) in [5.74, 6) is -0.116. The zero-order valence-electron chi connectivity index (χ0n) is 9.91. The maximum atomic E-state index is 13.5. The Morgan fingerprint density at radius 2 is 2.12 bits per heavy atom. The molecule has 0 aromatic heterocycles. The van der Waals surface area contributed by atoms with Crippen LogP contribution < -0.4 is 10.1 Å². The number of aliphatic hydroxyl groups excluding tert-OH is 1. The second-order valence-electron chi connectivity index (χ2n) is 3.44. The summed E-state index contributed by atoms with van der Waals surface area (Å²) in [6, 6.07) is 4.82. The SMILES string of the molecule is CNCc1cccc(F)c1OCCOCCO. The van der Waals surface area contributed by atoms with Gasteiger partial charge >= 0.3 is 0 Å². The van der Waals surface area contributed by atoms with Crippen LogP contribution in [0, 0.1) is 5.82 Å². The van der Waals surface area contributed by atoms with E-state index in [2.05, 4.69) is 5.32 Å². The highest BCUT2D eigenvalue weighted by Gasteiger charge is 2.08. The zero-order valence-corrected chi connectivity index (χ0v) is 9.91. The quantitative estimate of drug-likeness (QED) is 0.667. The van der Waals surface area contributed by atoms with E-state index in [1.807, 2.05) is 6.07 Å². The van der Waals surface area contributed by atoms with Gasteiger partial charge in [0, 0.05) is 12.1 Å². The van der Waals surface area contributed by atoms with E-state index in [1.54, 1.807) is 13.1 Å². The third kappa shape index (κ3) is 4.68. The molecule has 0 atom stereocenters. The second-order valence-corrected chi connectivity index (χ2v) is 3.44. The van der Waals surface area contributed by atoms with Crippen molar-refractivity contribution in [1.29, 1.82) is 0 Å². The van der Waals surface area contributed by atoms with Gasteiger partial charge in [0.05, 0.1) is 19.8 Å². The molecule has 0 aliphatic rings. The fraction of sp³-hybridized carbons (Fsp3) is 0.500. The maximum Gasteiger partial charge on any atom is 0.165 e. The molecular weight excluding hydrogens is 225 g/mol. The van der Waals surface area contributed by atoms with Gasteiger partial charge in [-0.2, -0.15) is 0 Å². The van der Waals surface area contributed by atoms with Crippen molar-refractivity contribution in [2.75, 3.05) is 33.5 Å². The molecule has 0 bridgehead atoms. The van der Waals surface area contributed by atoms with E-state index in [0.29, 0.717) is 13.2 Å². The van der Waals surface area contributed by atoms with Crippen LogP contribution in [0.5, 0.6) is 5.75 Å². The molecule has 0 saturated heterocycles. The van der Waals surface area contributed by atoms with Crippen molar-refractivity contribution in [3.8, 4) is 5.75 Å². The lowest BCUT2D eigenvalue weighted by molar-refractivity contribution is 0.0694. The topological polar surface area (TPSA) is 50.7 Å². The number of aliphatic hydroxyl groups is 1. The first-order chi connectivity index (χ1) is 8.29. The van der Waals surface area contributed by atoms with E-state index >= 15 is 0 Å². The average Bonchev–Trinajstić information content (AvgIpc) is 2.32. The lowest BCUT2D eigenvalue weighted by atomic mass is 10.2. The molecule has 0 aliphatic carbocycles. The molecule has 0 heterocycles. The van der Waals surface area contributed by atoms with Crippen LogP contribution in [0.2, 0.25) is 0 Å². The lowest BCUT2D eigenvalue weighted by Gasteiger charge is -2.12. The largest absolute Gasteiger partial charge is 0.488 e. The summed E-state index contributed by atoms with van der Waals surface area (Å²) in [4.78, 5) is 0. The molecule has 1 aromatic rings. The third-order valence-electron chi connectivity index (χ3n) is 2.13. The van der Waals surface area contributed by atoms with Gasteiger partial charge in [0.2, 0.25) is 0 Å². The maximum absolute atomic E-state index is 13.5. The van der Waals surface area contributed by atoms with Crippen LogP contribution in [0.1, 0.15) is 5.56 Å². The zero-order chi connectivity index (χ0) is 12.5. The summed E-state index contributed by atoms with van der Waals surface area (Å²) in [5.41, 5.74) is 0.773. The van der Waals surface area contributed by atoms with Gasteiger partial charge in [0.1, 0.15) is 6.61 Å². The van der Waals surface area contributed by atoms with Crippen molar-refractivity contribution in [2.45, 2.75) is 6.54 Å². The molecule has 0 spiro atoms. The smallest absolute Gasteiger partial charge is 0.165 e. The molecule has 2 N–H and O–H groups in total. The van der Waals surface area contributed by atoms with E-state index in [-0.39, 0.29) is 31.4 Å². The molecule has 1 rings (SSSR count). The highest BCUT2D eigenvalue weighted by molar-refractivity contribution is 5.34. The van der Waals surface area contributed by atoms with Gasteiger partial charge in [-0.25, -0.2) is 4.39 Å². The van der Waals surface area contributed by atoms with E-state index in [4.69, 9.17) is 14.6 Å². The van der Waals surface area contributed by atoms with Crippen LogP contribution in [0.15, 0.2) is 18.2 Å². The molecular formula is C12H18FNO3. The number of benzene rings is 1. The monoisotopic (exact) mass is 243 g/mol. The molecule has 0 fully saturated rings. The van der Waals surface area contributed by atoms with Crippen molar-refractivity contribution in [2.24, 2.45) is 0 Å². The van der Waals surface area contributed by atoms with Gasteiger partial charge in [-0.05, 0) is 13.1 Å². The Bertz CT molecular complexity index is 334. The second kappa shape index (κ2) is 8.00. The van der Waals surface area contributed by atoms with Gasteiger partial charge in [0.15, 0.2) is 11.6 Å². The van der Waals surface area contributed by atoms with Crippen molar-refractivity contribution in [3.05, 3.63) is 29.6 Å². The molecule has 17 heavy (non-hydrogen) atoms. The first kappa shape index (κ1) is 13.9. The molecule has 0 radical (unpaired) electrons. The summed E-state index contributed by atoms with van der Waals surface area (Å²) < 4.78 is 23.9. The van der Waals surface area contributed by atoms with E-state index < -0.39 is 0 Å². The summed E-state index contributed by atoms with van der Waals surface area (Å²) in [6.45, 7) is 1.38. The number of hydrogen-bond donors (Lipinski definition) is 2. The average molecular weight is 243 g/mol.